The molecule has 2 heterocycles. The first-order valence-corrected chi connectivity index (χ1v) is 11.0. The van der Waals surface area contributed by atoms with Crippen molar-refractivity contribution in [2.24, 2.45) is 11.8 Å². The highest BCUT2D eigenvalue weighted by Gasteiger charge is 2.54. The van der Waals surface area contributed by atoms with Crippen LogP contribution in [0.2, 0.25) is 0 Å². The summed E-state index contributed by atoms with van der Waals surface area (Å²) < 4.78 is 40.0. The molecule has 2 aliphatic heterocycles. The van der Waals surface area contributed by atoms with Crippen LogP contribution in [0.4, 0.5) is 13.2 Å². The van der Waals surface area contributed by atoms with Gasteiger partial charge in [-0.05, 0) is 55.2 Å². The lowest BCUT2D eigenvalue weighted by Gasteiger charge is -2.50. The maximum absolute atomic E-state index is 13.3. The molecule has 1 aromatic rings. The van der Waals surface area contributed by atoms with Gasteiger partial charge in [0.1, 0.15) is 6.54 Å². The summed E-state index contributed by atoms with van der Waals surface area (Å²) in [6.07, 6.45) is -0.995. The normalized spacial score (nSPS) is 31.5. The zero-order valence-corrected chi connectivity index (χ0v) is 17.3. The summed E-state index contributed by atoms with van der Waals surface area (Å²) in [6, 6.07) is 7.75. The number of carbonyl (C=O) groups excluding carboxylic acids is 1. The number of alkyl halides is 3. The minimum absolute atomic E-state index is 0.0479. The first-order valence-electron chi connectivity index (χ1n) is 11.0. The highest BCUT2D eigenvalue weighted by atomic mass is 19.4. The van der Waals surface area contributed by atoms with Gasteiger partial charge < -0.3 is 10.2 Å². The molecule has 0 spiro atoms. The second kappa shape index (κ2) is 8.85. The summed E-state index contributed by atoms with van der Waals surface area (Å²) in [7, 11) is 0. The summed E-state index contributed by atoms with van der Waals surface area (Å²) in [4.78, 5) is 14.1. The fourth-order valence-electron chi connectivity index (χ4n) is 5.65. The smallest absolute Gasteiger partial charge is 0.330 e. The van der Waals surface area contributed by atoms with Gasteiger partial charge in [-0.25, -0.2) is 0 Å². The van der Waals surface area contributed by atoms with Crippen LogP contribution in [-0.4, -0.2) is 48.7 Å². The lowest BCUT2D eigenvalue weighted by Crippen LogP contribution is -2.63. The van der Waals surface area contributed by atoms with Gasteiger partial charge in [-0.1, -0.05) is 31.2 Å². The van der Waals surface area contributed by atoms with Crippen LogP contribution in [0.25, 0.3) is 0 Å². The number of rotatable bonds is 6. The van der Waals surface area contributed by atoms with E-state index >= 15 is 0 Å². The molecule has 3 aliphatic rings. The summed E-state index contributed by atoms with van der Waals surface area (Å²) in [6.45, 7) is 3.06. The third-order valence-electron chi connectivity index (χ3n) is 6.94. The highest BCUT2D eigenvalue weighted by molar-refractivity contribution is 5.82. The van der Waals surface area contributed by atoms with Crippen molar-refractivity contribution in [3.63, 3.8) is 0 Å². The zero-order valence-electron chi connectivity index (χ0n) is 17.3. The predicted molar refractivity (Wildman–Crippen MR) is 108 cm³/mol. The standard InChI is InChI=1S/C22H31F3N4O/c1-2-9-26-11-15-5-3-4-6-16(15)14-7-8-17-19(10-14)29(13-22(23,24)25)21(30)18-12-27-28-20(17)18/h3-6,14,17-20,26-28H,2,7-13H2,1H3. The van der Waals surface area contributed by atoms with Gasteiger partial charge >= 0.3 is 6.18 Å². The molecule has 1 aromatic carbocycles. The van der Waals surface area contributed by atoms with Crippen LogP contribution in [0.15, 0.2) is 24.3 Å². The van der Waals surface area contributed by atoms with E-state index in [1.807, 2.05) is 12.1 Å². The lowest BCUT2D eigenvalue weighted by atomic mass is 9.67. The van der Waals surface area contributed by atoms with Crippen molar-refractivity contribution < 1.29 is 18.0 Å². The number of nitrogens with zero attached hydrogens (tertiary/aromatic N) is 1. The maximum atomic E-state index is 13.3. The quantitative estimate of drug-likeness (QED) is 0.615. The van der Waals surface area contributed by atoms with Crippen LogP contribution in [0, 0.1) is 11.8 Å². The van der Waals surface area contributed by atoms with Crippen LogP contribution in [0.3, 0.4) is 0 Å². The molecule has 3 N–H and O–H groups in total. The molecule has 1 saturated carbocycles. The first-order chi connectivity index (χ1) is 14.4. The van der Waals surface area contributed by atoms with Gasteiger partial charge in [0, 0.05) is 25.2 Å². The number of hydrazine groups is 1. The highest BCUT2D eigenvalue weighted by Crippen LogP contribution is 2.45. The first kappa shape index (κ1) is 21.6. The van der Waals surface area contributed by atoms with E-state index in [9.17, 15) is 18.0 Å². The molecule has 5 unspecified atom stereocenters. The number of nitrogens with one attached hydrogen (secondary N) is 3. The van der Waals surface area contributed by atoms with Crippen LogP contribution in [0.1, 0.15) is 49.7 Å². The van der Waals surface area contributed by atoms with Gasteiger partial charge in [-0.3, -0.25) is 15.6 Å². The van der Waals surface area contributed by atoms with Gasteiger partial charge in [0.05, 0.1) is 5.92 Å². The van der Waals surface area contributed by atoms with Crippen molar-refractivity contribution in [1.82, 2.24) is 21.1 Å². The fourth-order valence-corrected chi connectivity index (χ4v) is 5.65. The number of carbonyl (C=O) groups is 1. The van der Waals surface area contributed by atoms with Gasteiger partial charge in [0.2, 0.25) is 5.91 Å². The molecule has 1 amide bonds. The Bertz CT molecular complexity index is 756. The topological polar surface area (TPSA) is 56.4 Å². The van der Waals surface area contributed by atoms with E-state index in [1.54, 1.807) is 0 Å². The monoisotopic (exact) mass is 424 g/mol. The second-order valence-corrected chi connectivity index (χ2v) is 8.86. The maximum Gasteiger partial charge on any atom is 0.406 e. The zero-order chi connectivity index (χ0) is 21.3. The van der Waals surface area contributed by atoms with Crippen molar-refractivity contribution >= 4 is 5.91 Å². The Labute approximate surface area is 175 Å². The third-order valence-corrected chi connectivity index (χ3v) is 6.94. The molecule has 5 nitrogen and oxygen atoms in total. The fraction of sp³-hybridized carbons (Fsp3) is 0.682. The van der Waals surface area contributed by atoms with Crippen molar-refractivity contribution in [2.45, 2.75) is 63.3 Å². The Morgan fingerprint density at radius 3 is 2.80 bits per heavy atom. The molecule has 8 heteroatoms. The molecular formula is C22H31F3N4O. The number of likely N-dealkylation sites (tertiary alicyclic amines) is 1. The predicted octanol–water partition coefficient (Wildman–Crippen LogP) is 2.94. The molecular weight excluding hydrogens is 393 g/mol. The molecule has 0 aromatic heterocycles. The SMILES string of the molecule is CCCNCc1ccccc1C1CCC2C3NNCC3C(=O)N(CC(F)(F)F)C2C1. The lowest BCUT2D eigenvalue weighted by molar-refractivity contribution is -0.178. The number of halogens is 3. The molecule has 3 fully saturated rings. The molecule has 0 radical (unpaired) electrons. The summed E-state index contributed by atoms with van der Waals surface area (Å²) >= 11 is 0. The van der Waals surface area contributed by atoms with E-state index in [4.69, 9.17) is 0 Å². The largest absolute Gasteiger partial charge is 0.406 e. The minimum Gasteiger partial charge on any atom is -0.330 e. The molecule has 2 saturated heterocycles. The molecule has 0 bridgehead atoms. The Morgan fingerprint density at radius 1 is 1.23 bits per heavy atom. The van der Waals surface area contributed by atoms with Crippen molar-refractivity contribution in [3.8, 4) is 0 Å². The average molecular weight is 425 g/mol. The Kier molecular flexibility index (Phi) is 6.36. The van der Waals surface area contributed by atoms with Gasteiger partial charge in [-0.15, -0.1) is 0 Å². The van der Waals surface area contributed by atoms with Crippen LogP contribution >= 0.6 is 0 Å². The van der Waals surface area contributed by atoms with Gasteiger partial charge in [0.25, 0.3) is 0 Å². The van der Waals surface area contributed by atoms with E-state index in [0.717, 1.165) is 37.3 Å². The van der Waals surface area contributed by atoms with E-state index < -0.39 is 18.6 Å². The Hall–Kier alpha value is -1.64. The molecule has 166 valence electrons. The number of amides is 1. The second-order valence-electron chi connectivity index (χ2n) is 8.86. The molecule has 4 rings (SSSR count). The van der Waals surface area contributed by atoms with Crippen molar-refractivity contribution in [1.29, 1.82) is 0 Å². The average Bonchev–Trinajstić information content (AvgIpc) is 3.21. The summed E-state index contributed by atoms with van der Waals surface area (Å²) in [5, 5.41) is 3.43. The minimum atomic E-state index is -4.39. The van der Waals surface area contributed by atoms with E-state index in [1.165, 1.54) is 11.1 Å². The summed E-state index contributed by atoms with van der Waals surface area (Å²) in [5.74, 6) is -0.558. The Morgan fingerprint density at radius 2 is 2.03 bits per heavy atom. The van der Waals surface area contributed by atoms with Crippen molar-refractivity contribution in [2.75, 3.05) is 19.6 Å². The number of hydrogen-bond acceptors (Lipinski definition) is 4. The third kappa shape index (κ3) is 4.36. The molecule has 1 aliphatic carbocycles. The van der Waals surface area contributed by atoms with Crippen LogP contribution in [-0.2, 0) is 11.3 Å². The van der Waals surface area contributed by atoms with Crippen LogP contribution in [0.5, 0.6) is 0 Å². The van der Waals surface area contributed by atoms with Gasteiger partial charge in [0.15, 0.2) is 0 Å². The van der Waals surface area contributed by atoms with Crippen LogP contribution < -0.4 is 16.2 Å². The van der Waals surface area contributed by atoms with E-state index in [0.29, 0.717) is 13.0 Å². The van der Waals surface area contributed by atoms with E-state index in [-0.39, 0.29) is 29.8 Å². The Balaban J connectivity index is 1.58. The van der Waals surface area contributed by atoms with Gasteiger partial charge in [-0.2, -0.15) is 13.2 Å². The molecule has 30 heavy (non-hydrogen) atoms. The molecule has 5 atom stereocenters. The number of fused-ring (bicyclic) bond motifs is 3. The number of hydrogen-bond donors (Lipinski definition) is 3. The van der Waals surface area contributed by atoms with Crippen molar-refractivity contribution in [3.05, 3.63) is 35.4 Å². The van der Waals surface area contributed by atoms with E-state index in [2.05, 4.69) is 35.2 Å². The summed E-state index contributed by atoms with van der Waals surface area (Å²) in [5.41, 5.74) is 8.60. The number of benzene rings is 1. The number of piperidine rings is 1.